The molecule has 0 saturated heterocycles. The number of hydrogen-bond donors (Lipinski definition) is 2. The van der Waals surface area contributed by atoms with E-state index in [1.165, 1.54) is 12.1 Å². The van der Waals surface area contributed by atoms with E-state index < -0.39 is 29.2 Å². The summed E-state index contributed by atoms with van der Waals surface area (Å²) in [7, 11) is 1.64. The molecule has 0 unspecified atom stereocenters. The normalized spacial score (nSPS) is 12.2. The van der Waals surface area contributed by atoms with Crippen LogP contribution in [0, 0.1) is 0 Å². The lowest BCUT2D eigenvalue weighted by atomic mass is 10.1. The third kappa shape index (κ3) is 7.45. The van der Waals surface area contributed by atoms with Crippen molar-refractivity contribution in [1.82, 2.24) is 15.5 Å². The van der Waals surface area contributed by atoms with E-state index in [0.717, 1.165) is 12.1 Å². The molecule has 134 valence electrons. The summed E-state index contributed by atoms with van der Waals surface area (Å²) in [5.74, 6) is -0.494. The van der Waals surface area contributed by atoms with Gasteiger partial charge in [0, 0.05) is 12.1 Å². The van der Waals surface area contributed by atoms with E-state index in [-0.39, 0.29) is 13.1 Å². The molecule has 0 radical (unpaired) electrons. The van der Waals surface area contributed by atoms with Gasteiger partial charge in [-0.2, -0.15) is 13.2 Å². The number of imide groups is 1. The van der Waals surface area contributed by atoms with Crippen molar-refractivity contribution < 1.29 is 22.8 Å². The van der Waals surface area contributed by atoms with Crippen LogP contribution in [0.2, 0.25) is 0 Å². The van der Waals surface area contributed by atoms with Crippen molar-refractivity contribution >= 4 is 11.9 Å². The highest BCUT2D eigenvalue weighted by Crippen LogP contribution is 2.29. The Balaban J connectivity index is 2.49. The van der Waals surface area contributed by atoms with E-state index in [1.807, 2.05) is 0 Å². The van der Waals surface area contributed by atoms with Crippen LogP contribution in [0.3, 0.4) is 0 Å². The number of nitrogens with zero attached hydrogens (tertiary/aromatic N) is 1. The van der Waals surface area contributed by atoms with Crippen LogP contribution in [0.4, 0.5) is 18.0 Å². The first-order valence-corrected chi connectivity index (χ1v) is 7.33. The number of alkyl halides is 3. The Morgan fingerprint density at radius 3 is 2.08 bits per heavy atom. The number of urea groups is 1. The first-order chi connectivity index (χ1) is 10.9. The van der Waals surface area contributed by atoms with Gasteiger partial charge < -0.3 is 5.32 Å². The highest BCUT2D eigenvalue weighted by Gasteiger charge is 2.29. The molecule has 2 N–H and O–H groups in total. The van der Waals surface area contributed by atoms with E-state index in [1.54, 1.807) is 32.7 Å². The number of likely N-dealkylation sites (N-methyl/N-ethyl adjacent to an activating group) is 1. The van der Waals surface area contributed by atoms with Gasteiger partial charge in [-0.1, -0.05) is 12.1 Å². The molecular formula is C16H22F3N3O2. The number of hydrogen-bond acceptors (Lipinski definition) is 3. The molecule has 1 aromatic rings. The molecule has 0 heterocycles. The van der Waals surface area contributed by atoms with Crippen LogP contribution in [0.1, 0.15) is 31.9 Å². The van der Waals surface area contributed by atoms with Gasteiger partial charge in [0.1, 0.15) is 0 Å². The molecule has 3 amide bonds. The summed E-state index contributed by atoms with van der Waals surface area (Å²) >= 11 is 0. The quantitative estimate of drug-likeness (QED) is 0.882. The number of benzene rings is 1. The molecule has 0 aromatic heterocycles. The van der Waals surface area contributed by atoms with Crippen molar-refractivity contribution in [1.29, 1.82) is 0 Å². The van der Waals surface area contributed by atoms with Crippen LogP contribution in [-0.4, -0.2) is 36.0 Å². The average Bonchev–Trinajstić information content (AvgIpc) is 2.34. The zero-order chi connectivity index (χ0) is 18.5. The van der Waals surface area contributed by atoms with Crippen molar-refractivity contribution in [3.8, 4) is 0 Å². The zero-order valence-corrected chi connectivity index (χ0v) is 14.1. The second-order valence-electron chi connectivity index (χ2n) is 6.62. The number of carbonyl (C=O) groups is 2. The van der Waals surface area contributed by atoms with Gasteiger partial charge in [-0.25, -0.2) is 4.79 Å². The monoisotopic (exact) mass is 345 g/mol. The number of halogens is 3. The summed E-state index contributed by atoms with van der Waals surface area (Å²) in [4.78, 5) is 24.9. The third-order valence-electron chi connectivity index (χ3n) is 2.89. The summed E-state index contributed by atoms with van der Waals surface area (Å²) in [5.41, 5.74) is -0.542. The van der Waals surface area contributed by atoms with E-state index >= 15 is 0 Å². The van der Waals surface area contributed by atoms with Gasteiger partial charge in [0.25, 0.3) is 0 Å². The van der Waals surface area contributed by atoms with Gasteiger partial charge in [0.2, 0.25) is 5.91 Å². The number of rotatable bonds is 4. The lowest BCUT2D eigenvalue weighted by molar-refractivity contribution is -0.137. The number of nitrogens with one attached hydrogen (secondary N) is 2. The molecule has 0 spiro atoms. The minimum atomic E-state index is -4.37. The van der Waals surface area contributed by atoms with Crippen molar-refractivity contribution in [3.05, 3.63) is 35.4 Å². The predicted octanol–water partition coefficient (Wildman–Crippen LogP) is 2.76. The highest BCUT2D eigenvalue weighted by atomic mass is 19.4. The van der Waals surface area contributed by atoms with Crippen molar-refractivity contribution in [3.63, 3.8) is 0 Å². The molecule has 8 heteroatoms. The smallest absolute Gasteiger partial charge is 0.333 e. The highest BCUT2D eigenvalue weighted by molar-refractivity contribution is 5.95. The Morgan fingerprint density at radius 2 is 1.62 bits per heavy atom. The Morgan fingerprint density at radius 1 is 1.08 bits per heavy atom. The molecule has 0 aliphatic rings. The fourth-order valence-electron chi connectivity index (χ4n) is 1.95. The van der Waals surface area contributed by atoms with Crippen LogP contribution in [0.15, 0.2) is 24.3 Å². The summed E-state index contributed by atoms with van der Waals surface area (Å²) in [5, 5.41) is 4.80. The van der Waals surface area contributed by atoms with Crippen molar-refractivity contribution in [2.75, 3.05) is 13.6 Å². The lowest BCUT2D eigenvalue weighted by Crippen LogP contribution is -2.50. The summed E-state index contributed by atoms with van der Waals surface area (Å²) in [6.07, 6.45) is -4.37. The van der Waals surface area contributed by atoms with Gasteiger partial charge in [-0.15, -0.1) is 0 Å². The van der Waals surface area contributed by atoms with E-state index in [4.69, 9.17) is 0 Å². The van der Waals surface area contributed by atoms with E-state index in [2.05, 4.69) is 10.6 Å². The average molecular weight is 345 g/mol. The molecule has 0 saturated carbocycles. The Kier molecular flexibility index (Phi) is 6.36. The van der Waals surface area contributed by atoms with Crippen molar-refractivity contribution in [2.45, 2.75) is 39.0 Å². The van der Waals surface area contributed by atoms with Crippen LogP contribution >= 0.6 is 0 Å². The maximum atomic E-state index is 12.5. The first-order valence-electron chi connectivity index (χ1n) is 7.33. The SMILES string of the molecule is CN(CC(=O)NC(=O)NC(C)(C)C)Cc1ccc(C(F)(F)F)cc1. The maximum Gasteiger partial charge on any atom is 0.416 e. The Labute approximate surface area is 139 Å². The van der Waals surface area contributed by atoms with Crippen LogP contribution in [0.25, 0.3) is 0 Å². The molecule has 0 atom stereocenters. The zero-order valence-electron chi connectivity index (χ0n) is 14.1. The minimum Gasteiger partial charge on any atom is -0.333 e. The second-order valence-corrected chi connectivity index (χ2v) is 6.62. The predicted molar refractivity (Wildman–Crippen MR) is 84.2 cm³/mol. The van der Waals surface area contributed by atoms with Gasteiger partial charge >= 0.3 is 12.2 Å². The lowest BCUT2D eigenvalue weighted by Gasteiger charge is -2.21. The first kappa shape index (κ1) is 20.0. The van der Waals surface area contributed by atoms with Gasteiger partial charge in [0.05, 0.1) is 12.1 Å². The van der Waals surface area contributed by atoms with Crippen LogP contribution < -0.4 is 10.6 Å². The summed E-state index contributed by atoms with van der Waals surface area (Å²) < 4.78 is 37.5. The molecule has 1 rings (SSSR count). The van der Waals surface area contributed by atoms with Gasteiger partial charge in [-0.3, -0.25) is 15.0 Å². The standard InChI is InChI=1S/C16H22F3N3O2/c1-15(2,3)21-14(24)20-13(23)10-22(4)9-11-5-7-12(8-6-11)16(17,18)19/h5-8H,9-10H2,1-4H3,(H2,20,21,23,24). The largest absolute Gasteiger partial charge is 0.416 e. The Hall–Kier alpha value is -2.09. The minimum absolute atomic E-state index is 0.0570. The fourth-order valence-corrected chi connectivity index (χ4v) is 1.95. The molecule has 0 fully saturated rings. The third-order valence-corrected chi connectivity index (χ3v) is 2.89. The van der Waals surface area contributed by atoms with Crippen LogP contribution in [0.5, 0.6) is 0 Å². The summed E-state index contributed by atoms with van der Waals surface area (Å²) in [6, 6.07) is 4.14. The number of carbonyl (C=O) groups excluding carboxylic acids is 2. The molecule has 0 aliphatic heterocycles. The van der Waals surface area contributed by atoms with Crippen molar-refractivity contribution in [2.24, 2.45) is 0 Å². The fraction of sp³-hybridized carbons (Fsp3) is 0.500. The second kappa shape index (κ2) is 7.65. The molecular weight excluding hydrogens is 323 g/mol. The van der Waals surface area contributed by atoms with E-state index in [9.17, 15) is 22.8 Å². The van der Waals surface area contributed by atoms with Crippen LogP contribution in [-0.2, 0) is 17.5 Å². The Bertz CT molecular complexity index is 578. The molecule has 5 nitrogen and oxygen atoms in total. The summed E-state index contributed by atoms with van der Waals surface area (Å²) in [6.45, 7) is 5.58. The number of amides is 3. The topological polar surface area (TPSA) is 61.4 Å². The van der Waals surface area contributed by atoms with E-state index in [0.29, 0.717) is 5.56 Å². The van der Waals surface area contributed by atoms with Gasteiger partial charge in [-0.05, 0) is 45.5 Å². The molecule has 1 aromatic carbocycles. The van der Waals surface area contributed by atoms with Gasteiger partial charge in [0.15, 0.2) is 0 Å². The molecule has 24 heavy (non-hydrogen) atoms. The molecule has 0 bridgehead atoms. The maximum absolute atomic E-state index is 12.5. The molecule has 0 aliphatic carbocycles.